The molecule has 0 bridgehead atoms. The predicted octanol–water partition coefficient (Wildman–Crippen LogP) is 3.41. The Labute approximate surface area is 157 Å². The molecule has 0 radical (unpaired) electrons. The van der Waals surface area contributed by atoms with Crippen LogP contribution in [0.5, 0.6) is 0 Å². The summed E-state index contributed by atoms with van der Waals surface area (Å²) in [6.07, 6.45) is 0. The fourth-order valence-corrected chi connectivity index (χ4v) is 6.41. The van der Waals surface area contributed by atoms with E-state index in [0.29, 0.717) is 16.6 Å². The molecule has 2 aromatic carbocycles. The van der Waals surface area contributed by atoms with Gasteiger partial charge in [-0.05, 0) is 24.6 Å². The predicted molar refractivity (Wildman–Crippen MR) is 105 cm³/mol. The number of hydrogen-bond acceptors (Lipinski definition) is 5. The van der Waals surface area contributed by atoms with Crippen LogP contribution >= 0.6 is 11.8 Å². The average Bonchev–Trinajstić information content (AvgIpc) is 3.05. The molecule has 0 spiro atoms. The zero-order valence-corrected chi connectivity index (χ0v) is 15.9. The number of benzene rings is 2. The van der Waals surface area contributed by atoms with Gasteiger partial charge in [-0.1, -0.05) is 53.7 Å². The van der Waals surface area contributed by atoms with E-state index < -0.39 is 9.84 Å². The number of fused-ring (bicyclic) bond motifs is 1. The van der Waals surface area contributed by atoms with Gasteiger partial charge in [0.05, 0.1) is 29.3 Å². The number of sulfone groups is 1. The topological polar surface area (TPSA) is 49.7 Å². The van der Waals surface area contributed by atoms with E-state index in [1.54, 1.807) is 23.1 Å². The second-order valence-corrected chi connectivity index (χ2v) is 9.82. The summed E-state index contributed by atoms with van der Waals surface area (Å²) in [5, 5.41) is 0.696. The standard InChI is InChI=1S/C19H19FN2O2S2/c1-13-5-4-6-14(9-13)10-25-19-21-16-11-26(23,24)12-18(16)22(19)17-8-3-2-7-15(17)20/h2-9,16,18H,10-12H2,1H3/t16-,18+/m0/s1. The molecule has 0 unspecified atom stereocenters. The van der Waals surface area contributed by atoms with Gasteiger partial charge in [0.25, 0.3) is 0 Å². The van der Waals surface area contributed by atoms with Crippen molar-refractivity contribution >= 4 is 32.5 Å². The summed E-state index contributed by atoms with van der Waals surface area (Å²) in [6, 6.07) is 14.1. The number of hydrogen-bond donors (Lipinski definition) is 0. The summed E-state index contributed by atoms with van der Waals surface area (Å²) in [5.41, 5.74) is 2.74. The quantitative estimate of drug-likeness (QED) is 0.806. The van der Waals surface area contributed by atoms with Crippen LogP contribution in [0.3, 0.4) is 0 Å². The van der Waals surface area contributed by atoms with Crippen LogP contribution in [0.1, 0.15) is 11.1 Å². The maximum absolute atomic E-state index is 14.4. The van der Waals surface area contributed by atoms with Gasteiger partial charge in [-0.2, -0.15) is 0 Å². The highest BCUT2D eigenvalue weighted by atomic mass is 32.2. The minimum absolute atomic E-state index is 0.0179. The fourth-order valence-electron chi connectivity index (χ4n) is 3.51. The number of rotatable bonds is 3. The summed E-state index contributed by atoms with van der Waals surface area (Å²) in [6.45, 7) is 2.04. The van der Waals surface area contributed by atoms with E-state index in [1.165, 1.54) is 23.4 Å². The van der Waals surface area contributed by atoms with E-state index in [2.05, 4.69) is 11.1 Å². The van der Waals surface area contributed by atoms with Crippen molar-refractivity contribution in [1.82, 2.24) is 0 Å². The maximum atomic E-state index is 14.4. The maximum Gasteiger partial charge on any atom is 0.164 e. The molecule has 26 heavy (non-hydrogen) atoms. The van der Waals surface area contributed by atoms with Gasteiger partial charge in [0.15, 0.2) is 15.0 Å². The summed E-state index contributed by atoms with van der Waals surface area (Å²) in [7, 11) is -3.14. The van der Waals surface area contributed by atoms with E-state index >= 15 is 0 Å². The number of para-hydroxylation sites is 1. The Morgan fingerprint density at radius 1 is 1.19 bits per heavy atom. The van der Waals surface area contributed by atoms with Crippen LogP contribution in [0.25, 0.3) is 0 Å². The van der Waals surface area contributed by atoms with Gasteiger partial charge in [0.2, 0.25) is 0 Å². The molecule has 1 fully saturated rings. The van der Waals surface area contributed by atoms with E-state index in [4.69, 9.17) is 0 Å². The summed E-state index contributed by atoms with van der Waals surface area (Å²) in [5.74, 6) is 0.403. The molecule has 4 nitrogen and oxygen atoms in total. The largest absolute Gasteiger partial charge is 0.312 e. The van der Waals surface area contributed by atoms with Crippen LogP contribution in [-0.4, -0.2) is 37.2 Å². The number of anilines is 1. The molecule has 0 aromatic heterocycles. The lowest BCUT2D eigenvalue weighted by atomic mass is 10.1. The first kappa shape index (κ1) is 17.5. The third-order valence-corrected chi connectivity index (χ3v) is 7.41. The molecule has 0 amide bonds. The molecular formula is C19H19FN2O2S2. The number of thioether (sulfide) groups is 1. The van der Waals surface area contributed by atoms with Gasteiger partial charge in [-0.15, -0.1) is 0 Å². The molecule has 2 heterocycles. The molecule has 7 heteroatoms. The minimum atomic E-state index is -3.14. The zero-order valence-electron chi connectivity index (χ0n) is 14.3. The van der Waals surface area contributed by atoms with Gasteiger partial charge in [0.1, 0.15) is 5.82 Å². The van der Waals surface area contributed by atoms with Crippen LogP contribution in [-0.2, 0) is 15.6 Å². The van der Waals surface area contributed by atoms with Crippen molar-refractivity contribution in [2.75, 3.05) is 16.4 Å². The Bertz CT molecular complexity index is 975. The minimum Gasteiger partial charge on any atom is -0.312 e. The molecule has 2 aliphatic rings. The van der Waals surface area contributed by atoms with E-state index in [9.17, 15) is 12.8 Å². The smallest absolute Gasteiger partial charge is 0.164 e. The molecule has 1 saturated heterocycles. The van der Waals surface area contributed by atoms with Crippen molar-refractivity contribution in [3.8, 4) is 0 Å². The van der Waals surface area contributed by atoms with Crippen LogP contribution < -0.4 is 4.90 Å². The molecule has 2 aliphatic heterocycles. The first-order valence-electron chi connectivity index (χ1n) is 8.43. The molecule has 2 atom stereocenters. The molecule has 0 N–H and O–H groups in total. The number of nitrogens with zero attached hydrogens (tertiary/aromatic N) is 2. The monoisotopic (exact) mass is 390 g/mol. The van der Waals surface area contributed by atoms with Gasteiger partial charge in [-0.3, -0.25) is 4.99 Å². The zero-order chi connectivity index (χ0) is 18.3. The first-order valence-corrected chi connectivity index (χ1v) is 11.2. The third kappa shape index (κ3) is 3.38. The number of halogens is 1. The Kier molecular flexibility index (Phi) is 4.52. The molecule has 2 aromatic rings. The van der Waals surface area contributed by atoms with Crippen molar-refractivity contribution < 1.29 is 12.8 Å². The second kappa shape index (κ2) is 6.70. The Morgan fingerprint density at radius 2 is 2.00 bits per heavy atom. The van der Waals surface area contributed by atoms with Gasteiger partial charge in [0, 0.05) is 5.75 Å². The third-order valence-electron chi connectivity index (χ3n) is 4.67. The van der Waals surface area contributed by atoms with Crippen LogP contribution in [0.15, 0.2) is 53.5 Å². The number of amidine groups is 1. The Hall–Kier alpha value is -1.86. The fraction of sp³-hybridized carbons (Fsp3) is 0.316. The lowest BCUT2D eigenvalue weighted by Gasteiger charge is -2.26. The van der Waals surface area contributed by atoms with Crippen molar-refractivity contribution in [1.29, 1.82) is 0 Å². The SMILES string of the molecule is Cc1cccc(CSC2=N[C@H]3CS(=O)(=O)C[C@H]3N2c2ccccc2F)c1. The number of aryl methyl sites for hydroxylation is 1. The highest BCUT2D eigenvalue weighted by molar-refractivity contribution is 8.13. The van der Waals surface area contributed by atoms with E-state index in [1.807, 2.05) is 25.1 Å². The average molecular weight is 391 g/mol. The Morgan fingerprint density at radius 3 is 2.77 bits per heavy atom. The summed E-state index contributed by atoms with van der Waals surface area (Å²) >= 11 is 1.53. The van der Waals surface area contributed by atoms with Crippen molar-refractivity contribution in [3.05, 3.63) is 65.5 Å². The van der Waals surface area contributed by atoms with Crippen molar-refractivity contribution in [2.45, 2.75) is 24.8 Å². The van der Waals surface area contributed by atoms with E-state index in [0.717, 1.165) is 5.56 Å². The first-order chi connectivity index (χ1) is 12.4. The summed E-state index contributed by atoms with van der Waals surface area (Å²) < 4.78 is 38.5. The molecule has 136 valence electrons. The lowest BCUT2D eigenvalue weighted by Crippen LogP contribution is -2.39. The van der Waals surface area contributed by atoms with Crippen LogP contribution in [0.4, 0.5) is 10.1 Å². The van der Waals surface area contributed by atoms with Gasteiger partial charge >= 0.3 is 0 Å². The van der Waals surface area contributed by atoms with E-state index in [-0.39, 0.29) is 29.4 Å². The van der Waals surface area contributed by atoms with Crippen molar-refractivity contribution in [3.63, 3.8) is 0 Å². The Balaban J connectivity index is 1.64. The number of aliphatic imine (C=N–C) groups is 1. The van der Waals surface area contributed by atoms with Gasteiger partial charge < -0.3 is 4.90 Å². The highest BCUT2D eigenvalue weighted by Gasteiger charge is 2.47. The lowest BCUT2D eigenvalue weighted by molar-refractivity contribution is 0.600. The van der Waals surface area contributed by atoms with Gasteiger partial charge in [-0.25, -0.2) is 12.8 Å². The highest BCUT2D eigenvalue weighted by Crippen LogP contribution is 2.36. The summed E-state index contributed by atoms with van der Waals surface area (Å²) in [4.78, 5) is 6.42. The molecule has 0 aliphatic carbocycles. The molecule has 4 rings (SSSR count). The second-order valence-electron chi connectivity index (χ2n) is 6.72. The normalized spacial score (nSPS) is 23.8. The molecular weight excluding hydrogens is 371 g/mol. The molecule has 0 saturated carbocycles. The van der Waals surface area contributed by atoms with Crippen LogP contribution in [0.2, 0.25) is 0 Å². The van der Waals surface area contributed by atoms with Crippen molar-refractivity contribution in [2.24, 2.45) is 4.99 Å². The van der Waals surface area contributed by atoms with Crippen LogP contribution in [0, 0.1) is 12.7 Å².